The van der Waals surface area contributed by atoms with Crippen molar-refractivity contribution >= 4 is 19.7 Å². The van der Waals surface area contributed by atoms with E-state index in [1.54, 1.807) is 0 Å². The number of phosphoric acid groups is 1. The number of hydrogen-bond acceptors (Lipinski definition) is 7. The molecule has 0 fully saturated rings. The standard InChI is InChI=1S/C69H127N2O7P/c1-7-10-13-16-19-22-25-27-29-30-31-32-33-34-35-36-37-38-39-40-42-43-46-49-52-55-58-61-68(72)70-66(65-77-79(74,75)76-64-63-71(4,5)6)67(60-57-54-51-48-45-24-21-18-15-12-9-3)78-69(73)62-59-56-53-50-47-44-41-28-26-23-20-17-14-11-8-2/h10,13,19,22,27,29,31-32,34-35,57,60,66-67H,7-9,11-12,14-18,20-21,23-26,28,30,33,36-56,58-59,61-65H2,1-6H3,(H-,70,72,74,75)/b13-10-,22-19-,29-27-,32-31-,35-34-,60-57-. The lowest BCUT2D eigenvalue weighted by molar-refractivity contribution is -0.870. The smallest absolute Gasteiger partial charge is 0.306 e. The van der Waals surface area contributed by atoms with E-state index in [4.69, 9.17) is 13.8 Å². The summed E-state index contributed by atoms with van der Waals surface area (Å²) in [6.07, 6.45) is 75.9. The van der Waals surface area contributed by atoms with Crippen molar-refractivity contribution in [2.75, 3.05) is 40.9 Å². The Morgan fingerprint density at radius 3 is 1.22 bits per heavy atom. The first-order valence-electron chi connectivity index (χ1n) is 33.2. The van der Waals surface area contributed by atoms with Gasteiger partial charge in [-0.2, -0.15) is 0 Å². The molecule has 0 bridgehead atoms. The highest BCUT2D eigenvalue weighted by Crippen LogP contribution is 2.38. The molecule has 3 unspecified atom stereocenters. The monoisotopic (exact) mass is 1130 g/mol. The van der Waals surface area contributed by atoms with Gasteiger partial charge in [0.15, 0.2) is 0 Å². The Bertz CT molecular complexity index is 1580. The zero-order valence-electron chi connectivity index (χ0n) is 52.6. The van der Waals surface area contributed by atoms with Crippen molar-refractivity contribution in [1.29, 1.82) is 0 Å². The number of unbranched alkanes of at least 4 members (excludes halogenated alkanes) is 34. The Labute approximate surface area is 489 Å². The van der Waals surface area contributed by atoms with Gasteiger partial charge in [-0.3, -0.25) is 14.2 Å². The molecule has 0 aromatic heterocycles. The van der Waals surface area contributed by atoms with Gasteiger partial charge in [0.25, 0.3) is 7.82 Å². The molecule has 79 heavy (non-hydrogen) atoms. The van der Waals surface area contributed by atoms with E-state index in [-0.39, 0.29) is 31.5 Å². The molecule has 9 nitrogen and oxygen atoms in total. The lowest BCUT2D eigenvalue weighted by atomic mass is 10.0. The van der Waals surface area contributed by atoms with Crippen molar-refractivity contribution in [3.05, 3.63) is 72.9 Å². The molecule has 0 heterocycles. The van der Waals surface area contributed by atoms with Crippen LogP contribution in [-0.2, 0) is 27.9 Å². The van der Waals surface area contributed by atoms with Gasteiger partial charge in [0.05, 0.1) is 33.8 Å². The molecule has 1 N–H and O–H groups in total. The molecule has 0 aliphatic carbocycles. The zero-order chi connectivity index (χ0) is 57.9. The molecule has 460 valence electrons. The van der Waals surface area contributed by atoms with Crippen molar-refractivity contribution in [2.24, 2.45) is 0 Å². The number of nitrogens with one attached hydrogen (secondary N) is 1. The van der Waals surface area contributed by atoms with Crippen molar-refractivity contribution in [1.82, 2.24) is 5.32 Å². The van der Waals surface area contributed by atoms with Gasteiger partial charge < -0.3 is 28.5 Å². The summed E-state index contributed by atoms with van der Waals surface area (Å²) < 4.78 is 30.4. The topological polar surface area (TPSA) is 114 Å². The maximum absolute atomic E-state index is 13.6. The minimum Gasteiger partial charge on any atom is -0.756 e. The van der Waals surface area contributed by atoms with Crippen molar-refractivity contribution in [2.45, 2.75) is 315 Å². The average molecular weight is 1130 g/mol. The second-order valence-electron chi connectivity index (χ2n) is 23.6. The first-order chi connectivity index (χ1) is 38.4. The second-order valence-corrected chi connectivity index (χ2v) is 25.0. The summed E-state index contributed by atoms with van der Waals surface area (Å²) in [4.78, 5) is 40.0. The minimum absolute atomic E-state index is 0.0232. The Hall–Kier alpha value is -2.55. The van der Waals surface area contributed by atoms with E-state index in [0.717, 1.165) is 96.3 Å². The van der Waals surface area contributed by atoms with E-state index in [1.807, 2.05) is 33.3 Å². The molecule has 0 aliphatic rings. The number of allylic oxidation sites excluding steroid dienone is 11. The van der Waals surface area contributed by atoms with Gasteiger partial charge >= 0.3 is 5.97 Å². The van der Waals surface area contributed by atoms with E-state index in [2.05, 4.69) is 86.8 Å². The highest BCUT2D eigenvalue weighted by atomic mass is 31.2. The fourth-order valence-corrected chi connectivity index (χ4v) is 10.3. The highest BCUT2D eigenvalue weighted by molar-refractivity contribution is 7.45. The van der Waals surface area contributed by atoms with Crippen LogP contribution in [0.1, 0.15) is 303 Å². The SMILES string of the molecule is CC/C=C\C/C=C\C/C=C\C/C=C\C/C=C\CCCCCCCCCCCCCC(=O)NC(COP(=O)([O-])OCC[N+](C)(C)C)C(/C=C\CCCCCCCCCCC)OC(=O)CCCCCCCCCCCCCCCCC. The molecule has 0 radical (unpaired) electrons. The number of carbonyl (C=O) groups excluding carboxylic acids is 2. The normalized spacial score (nSPS) is 14.1. The van der Waals surface area contributed by atoms with Crippen LogP contribution in [0.3, 0.4) is 0 Å². The Balaban J connectivity index is 5.03. The number of amides is 1. The van der Waals surface area contributed by atoms with Crippen LogP contribution in [0, 0.1) is 0 Å². The Kier molecular flexibility index (Phi) is 56.7. The molecule has 1 amide bonds. The summed E-state index contributed by atoms with van der Waals surface area (Å²) in [5.74, 6) is -0.536. The lowest BCUT2D eigenvalue weighted by Crippen LogP contribution is -2.47. The molecule has 0 aromatic rings. The van der Waals surface area contributed by atoms with Gasteiger partial charge in [-0.1, -0.05) is 287 Å². The second kappa shape index (κ2) is 58.6. The quantitative estimate of drug-likeness (QED) is 0.0212. The van der Waals surface area contributed by atoms with Gasteiger partial charge in [-0.25, -0.2) is 0 Å². The van der Waals surface area contributed by atoms with Gasteiger partial charge in [0.1, 0.15) is 19.3 Å². The summed E-state index contributed by atoms with van der Waals surface area (Å²) in [6.45, 7) is 6.75. The third-order valence-electron chi connectivity index (χ3n) is 14.7. The molecular formula is C69H127N2O7P. The van der Waals surface area contributed by atoms with Crippen LogP contribution in [0.2, 0.25) is 0 Å². The third kappa shape index (κ3) is 59.9. The van der Waals surface area contributed by atoms with Crippen molar-refractivity contribution in [3.63, 3.8) is 0 Å². The van der Waals surface area contributed by atoms with Crippen LogP contribution in [0.15, 0.2) is 72.9 Å². The summed E-state index contributed by atoms with van der Waals surface area (Å²) in [7, 11) is 1.19. The lowest BCUT2D eigenvalue weighted by Gasteiger charge is -2.30. The predicted molar refractivity (Wildman–Crippen MR) is 339 cm³/mol. The average Bonchev–Trinajstić information content (AvgIpc) is 3.41. The summed E-state index contributed by atoms with van der Waals surface area (Å²) >= 11 is 0. The number of likely N-dealkylation sites (N-methyl/N-ethyl adjacent to an activating group) is 1. The molecule has 0 aliphatic heterocycles. The molecule has 0 saturated heterocycles. The van der Waals surface area contributed by atoms with Gasteiger partial charge in [0.2, 0.25) is 5.91 Å². The summed E-state index contributed by atoms with van der Waals surface area (Å²) in [5.41, 5.74) is 0. The van der Waals surface area contributed by atoms with E-state index in [1.165, 1.54) is 173 Å². The van der Waals surface area contributed by atoms with E-state index in [9.17, 15) is 19.0 Å². The van der Waals surface area contributed by atoms with E-state index in [0.29, 0.717) is 17.4 Å². The molecule has 0 rings (SSSR count). The summed E-state index contributed by atoms with van der Waals surface area (Å²) in [5, 5.41) is 3.03. The van der Waals surface area contributed by atoms with Crippen LogP contribution in [-0.4, -0.2) is 69.4 Å². The first-order valence-corrected chi connectivity index (χ1v) is 34.7. The van der Waals surface area contributed by atoms with Crippen LogP contribution in [0.5, 0.6) is 0 Å². The molecule has 0 saturated carbocycles. The Morgan fingerprint density at radius 1 is 0.456 bits per heavy atom. The van der Waals surface area contributed by atoms with Gasteiger partial charge in [-0.05, 0) is 76.7 Å². The summed E-state index contributed by atoms with van der Waals surface area (Å²) in [6, 6.07) is -0.890. The number of quaternary nitrogens is 1. The number of nitrogens with zero attached hydrogens (tertiary/aromatic N) is 1. The first kappa shape index (κ1) is 76.5. The minimum atomic E-state index is -4.70. The molecule has 0 aromatic carbocycles. The third-order valence-corrected chi connectivity index (χ3v) is 15.6. The highest BCUT2D eigenvalue weighted by Gasteiger charge is 2.27. The molecule has 3 atom stereocenters. The fourth-order valence-electron chi connectivity index (χ4n) is 9.55. The predicted octanol–water partition coefficient (Wildman–Crippen LogP) is 20.2. The van der Waals surface area contributed by atoms with E-state index < -0.39 is 20.0 Å². The van der Waals surface area contributed by atoms with Gasteiger partial charge in [-0.15, -0.1) is 0 Å². The number of carbonyl (C=O) groups is 2. The molecule has 10 heteroatoms. The largest absolute Gasteiger partial charge is 0.756 e. The number of esters is 1. The maximum Gasteiger partial charge on any atom is 0.306 e. The number of rotatable bonds is 60. The van der Waals surface area contributed by atoms with Crippen molar-refractivity contribution in [3.8, 4) is 0 Å². The van der Waals surface area contributed by atoms with E-state index >= 15 is 0 Å². The molecular weight excluding hydrogens is 1000 g/mol. The molecule has 0 spiro atoms. The van der Waals surface area contributed by atoms with Gasteiger partial charge in [0, 0.05) is 12.8 Å². The number of hydrogen-bond donors (Lipinski definition) is 1. The van der Waals surface area contributed by atoms with Crippen LogP contribution >= 0.6 is 7.82 Å². The Morgan fingerprint density at radius 2 is 0.810 bits per heavy atom. The van der Waals surface area contributed by atoms with Crippen molar-refractivity contribution < 1.29 is 37.3 Å². The number of phosphoric ester groups is 1. The van der Waals surface area contributed by atoms with Crippen LogP contribution < -0.4 is 10.2 Å². The number of ether oxygens (including phenoxy) is 1. The maximum atomic E-state index is 13.6. The van der Waals surface area contributed by atoms with Crippen LogP contribution in [0.4, 0.5) is 0 Å². The zero-order valence-corrected chi connectivity index (χ0v) is 53.5. The van der Waals surface area contributed by atoms with Crippen LogP contribution in [0.25, 0.3) is 0 Å². The fraction of sp³-hybridized carbons (Fsp3) is 0.797.